The molecule has 2 aromatic heterocycles. The largest absolute Gasteiger partial charge is 0.461 e. The molecule has 0 saturated heterocycles. The Kier molecular flexibility index (Phi) is 3.19. The third-order valence-corrected chi connectivity index (χ3v) is 2.71. The Morgan fingerprint density at radius 1 is 1.44 bits per heavy atom. The van der Waals surface area contributed by atoms with Gasteiger partial charge in [-0.2, -0.15) is 0 Å². The topological polar surface area (TPSA) is 43.1 Å². The first-order valence-corrected chi connectivity index (χ1v) is 5.64. The van der Waals surface area contributed by atoms with Crippen LogP contribution < -0.4 is 0 Å². The number of furan rings is 1. The number of ketones is 1. The lowest BCUT2D eigenvalue weighted by Crippen LogP contribution is -2.05. The van der Waals surface area contributed by atoms with Crippen molar-refractivity contribution in [3.05, 3.63) is 52.1 Å². The summed E-state index contributed by atoms with van der Waals surface area (Å²) in [4.78, 5) is 16.0. The Morgan fingerprint density at radius 3 is 2.81 bits per heavy atom. The molecular formula is C12H10BrNO2. The maximum atomic E-state index is 11.8. The number of halogens is 1. The van der Waals surface area contributed by atoms with Gasteiger partial charge in [-0.25, -0.2) is 0 Å². The predicted octanol–water partition coefficient (Wildman–Crippen LogP) is 3.17. The summed E-state index contributed by atoms with van der Waals surface area (Å²) in [5.41, 5.74) is 1.60. The summed E-state index contributed by atoms with van der Waals surface area (Å²) in [6.45, 7) is 1.85. The van der Waals surface area contributed by atoms with Gasteiger partial charge in [-0.05, 0) is 46.6 Å². The van der Waals surface area contributed by atoms with E-state index in [0.717, 1.165) is 15.7 Å². The van der Waals surface area contributed by atoms with E-state index in [0.29, 0.717) is 5.76 Å². The smallest absolute Gasteiger partial charge is 0.204 e. The average Bonchev–Trinajstić information content (AvgIpc) is 2.68. The molecule has 0 radical (unpaired) electrons. The van der Waals surface area contributed by atoms with Crippen LogP contribution in [-0.2, 0) is 6.42 Å². The van der Waals surface area contributed by atoms with Crippen LogP contribution in [-0.4, -0.2) is 10.8 Å². The quantitative estimate of drug-likeness (QED) is 0.811. The fraction of sp³-hybridized carbons (Fsp3) is 0.167. The van der Waals surface area contributed by atoms with Gasteiger partial charge in [0.2, 0.25) is 5.78 Å². The number of aryl methyl sites for hydroxylation is 1. The van der Waals surface area contributed by atoms with Gasteiger partial charge >= 0.3 is 0 Å². The molecular weight excluding hydrogens is 270 g/mol. The van der Waals surface area contributed by atoms with E-state index in [2.05, 4.69) is 20.9 Å². The van der Waals surface area contributed by atoms with E-state index in [1.807, 2.05) is 19.1 Å². The molecule has 0 aromatic carbocycles. The summed E-state index contributed by atoms with van der Waals surface area (Å²) in [6, 6.07) is 5.47. The molecule has 82 valence electrons. The van der Waals surface area contributed by atoms with Crippen molar-refractivity contribution in [3.8, 4) is 0 Å². The van der Waals surface area contributed by atoms with E-state index in [1.54, 1.807) is 12.3 Å². The van der Waals surface area contributed by atoms with Crippen molar-refractivity contribution >= 4 is 21.7 Å². The van der Waals surface area contributed by atoms with Gasteiger partial charge in [0.15, 0.2) is 5.76 Å². The highest BCUT2D eigenvalue weighted by molar-refractivity contribution is 9.10. The van der Waals surface area contributed by atoms with E-state index >= 15 is 0 Å². The minimum absolute atomic E-state index is 0.0441. The number of pyridine rings is 1. The highest BCUT2D eigenvalue weighted by Gasteiger charge is 2.13. The van der Waals surface area contributed by atoms with Crippen molar-refractivity contribution in [3.63, 3.8) is 0 Å². The number of Topliss-reactive ketones (excluding diaryl/α,β-unsaturated/α-hetero) is 1. The van der Waals surface area contributed by atoms with Crippen LogP contribution >= 0.6 is 15.9 Å². The monoisotopic (exact) mass is 279 g/mol. The Balaban J connectivity index is 2.14. The standard InChI is InChI=1S/C12H10BrNO2/c1-8-4-5-16-12(8)11(15)6-10-3-2-9(13)7-14-10/h2-5,7H,6H2,1H3. The molecule has 0 aliphatic carbocycles. The number of carbonyl (C=O) groups excluding carboxylic acids is 1. The number of rotatable bonds is 3. The van der Waals surface area contributed by atoms with Gasteiger partial charge in [-0.3, -0.25) is 9.78 Å². The second-order valence-corrected chi connectivity index (χ2v) is 4.42. The lowest BCUT2D eigenvalue weighted by molar-refractivity contribution is 0.0964. The number of carbonyl (C=O) groups is 1. The molecule has 2 aromatic rings. The molecule has 3 nitrogen and oxygen atoms in total. The van der Waals surface area contributed by atoms with Gasteiger partial charge in [0.25, 0.3) is 0 Å². The summed E-state index contributed by atoms with van der Waals surface area (Å²) < 4.78 is 6.04. The third kappa shape index (κ3) is 2.39. The van der Waals surface area contributed by atoms with Crippen LogP contribution in [0.25, 0.3) is 0 Å². The highest BCUT2D eigenvalue weighted by atomic mass is 79.9. The molecule has 0 spiro atoms. The van der Waals surface area contributed by atoms with Gasteiger partial charge in [0, 0.05) is 16.4 Å². The van der Waals surface area contributed by atoms with Gasteiger partial charge in [0.05, 0.1) is 12.7 Å². The van der Waals surface area contributed by atoms with Crippen molar-refractivity contribution < 1.29 is 9.21 Å². The van der Waals surface area contributed by atoms with Crippen LogP contribution in [0.5, 0.6) is 0 Å². The molecule has 16 heavy (non-hydrogen) atoms. The molecule has 0 aliphatic rings. The van der Waals surface area contributed by atoms with Crippen LogP contribution in [0.15, 0.2) is 39.5 Å². The van der Waals surface area contributed by atoms with Crippen LogP contribution in [0, 0.1) is 6.92 Å². The van der Waals surface area contributed by atoms with Crippen LogP contribution in [0.4, 0.5) is 0 Å². The Morgan fingerprint density at radius 2 is 2.25 bits per heavy atom. The fourth-order valence-corrected chi connectivity index (χ4v) is 1.65. The van der Waals surface area contributed by atoms with Gasteiger partial charge in [0.1, 0.15) is 0 Å². The number of hydrogen-bond acceptors (Lipinski definition) is 3. The molecule has 4 heteroatoms. The normalized spacial score (nSPS) is 10.4. The molecule has 0 saturated carbocycles. The molecule has 2 heterocycles. The van der Waals surface area contributed by atoms with E-state index < -0.39 is 0 Å². The van der Waals surface area contributed by atoms with E-state index in [9.17, 15) is 4.79 Å². The Hall–Kier alpha value is -1.42. The zero-order valence-electron chi connectivity index (χ0n) is 8.74. The lowest BCUT2D eigenvalue weighted by Gasteiger charge is -1.99. The number of nitrogens with zero attached hydrogens (tertiary/aromatic N) is 1. The van der Waals surface area contributed by atoms with Crippen molar-refractivity contribution in [1.29, 1.82) is 0 Å². The second kappa shape index (κ2) is 4.61. The van der Waals surface area contributed by atoms with Crippen LogP contribution in [0.1, 0.15) is 21.8 Å². The summed E-state index contributed by atoms with van der Waals surface area (Å²) in [6.07, 6.45) is 3.47. The summed E-state index contributed by atoms with van der Waals surface area (Å²) in [5, 5.41) is 0. The van der Waals surface area contributed by atoms with Crippen LogP contribution in [0.3, 0.4) is 0 Å². The second-order valence-electron chi connectivity index (χ2n) is 3.50. The highest BCUT2D eigenvalue weighted by Crippen LogP contribution is 2.13. The first-order chi connectivity index (χ1) is 7.66. The van der Waals surface area contributed by atoms with Crippen molar-refractivity contribution in [2.24, 2.45) is 0 Å². The van der Waals surface area contributed by atoms with Gasteiger partial charge in [-0.1, -0.05) is 0 Å². The summed E-state index contributed by atoms with van der Waals surface area (Å²) in [7, 11) is 0. The van der Waals surface area contributed by atoms with Gasteiger partial charge < -0.3 is 4.42 Å². The fourth-order valence-electron chi connectivity index (χ4n) is 1.41. The minimum Gasteiger partial charge on any atom is -0.461 e. The van der Waals surface area contributed by atoms with Crippen molar-refractivity contribution in [1.82, 2.24) is 4.98 Å². The minimum atomic E-state index is -0.0441. The summed E-state index contributed by atoms with van der Waals surface area (Å²) in [5.74, 6) is 0.377. The van der Waals surface area contributed by atoms with Crippen LogP contribution in [0.2, 0.25) is 0 Å². The first kappa shape index (κ1) is 11.1. The lowest BCUT2D eigenvalue weighted by atomic mass is 10.1. The zero-order chi connectivity index (χ0) is 11.5. The number of aromatic nitrogens is 1. The summed E-state index contributed by atoms with van der Waals surface area (Å²) >= 11 is 3.30. The zero-order valence-corrected chi connectivity index (χ0v) is 10.3. The molecule has 0 N–H and O–H groups in total. The molecule has 2 rings (SSSR count). The Bertz CT molecular complexity index is 502. The van der Waals surface area contributed by atoms with E-state index in [1.165, 1.54) is 6.26 Å². The van der Waals surface area contributed by atoms with Crippen molar-refractivity contribution in [2.75, 3.05) is 0 Å². The van der Waals surface area contributed by atoms with E-state index in [-0.39, 0.29) is 12.2 Å². The molecule has 0 aliphatic heterocycles. The maximum Gasteiger partial charge on any atom is 0.204 e. The van der Waals surface area contributed by atoms with E-state index in [4.69, 9.17) is 4.42 Å². The maximum absolute atomic E-state index is 11.8. The predicted molar refractivity (Wildman–Crippen MR) is 63.4 cm³/mol. The average molecular weight is 280 g/mol. The van der Waals surface area contributed by atoms with Crippen molar-refractivity contribution in [2.45, 2.75) is 13.3 Å². The molecule has 0 bridgehead atoms. The SMILES string of the molecule is Cc1ccoc1C(=O)Cc1ccc(Br)cn1. The molecule has 0 atom stereocenters. The molecule has 0 amide bonds. The number of hydrogen-bond donors (Lipinski definition) is 0. The van der Waals surface area contributed by atoms with Gasteiger partial charge in [-0.15, -0.1) is 0 Å². The molecule has 0 fully saturated rings. The Labute approximate surface area is 102 Å². The molecule has 0 unspecified atom stereocenters. The third-order valence-electron chi connectivity index (χ3n) is 2.25. The first-order valence-electron chi connectivity index (χ1n) is 4.84.